The summed E-state index contributed by atoms with van der Waals surface area (Å²) in [7, 11) is 0. The Morgan fingerprint density at radius 1 is 1.26 bits per heavy atom. The maximum atomic E-state index is 11.5. The molecule has 0 aliphatic rings. The van der Waals surface area contributed by atoms with E-state index in [0.717, 1.165) is 0 Å². The molecular formula is C14H19NO4. The molecule has 0 saturated heterocycles. The summed E-state index contributed by atoms with van der Waals surface area (Å²) in [5.41, 5.74) is 0. The van der Waals surface area contributed by atoms with Crippen molar-refractivity contribution in [2.75, 3.05) is 13.2 Å². The lowest BCUT2D eigenvalue weighted by atomic mass is 9.96. The van der Waals surface area contributed by atoms with E-state index in [-0.39, 0.29) is 25.0 Å². The Balaban J connectivity index is 2.33. The first-order valence-corrected chi connectivity index (χ1v) is 6.18. The fourth-order valence-electron chi connectivity index (χ4n) is 1.55. The van der Waals surface area contributed by atoms with Crippen LogP contribution in [0.4, 0.5) is 0 Å². The van der Waals surface area contributed by atoms with Gasteiger partial charge in [-0.15, -0.1) is 0 Å². The first kappa shape index (κ1) is 15.0. The van der Waals surface area contributed by atoms with E-state index in [1.807, 2.05) is 32.0 Å². The van der Waals surface area contributed by atoms with Crippen LogP contribution < -0.4 is 10.1 Å². The smallest absolute Gasteiger partial charge is 0.308 e. The number of carbonyl (C=O) groups is 2. The molecule has 19 heavy (non-hydrogen) atoms. The van der Waals surface area contributed by atoms with Gasteiger partial charge < -0.3 is 15.2 Å². The standard InChI is InChI=1S/C14H19NO4/c1-10(2)12(14(17)18)8-15-13(16)9-19-11-6-4-3-5-7-11/h3-7,10,12H,8-9H2,1-2H3,(H,15,16)(H,17,18). The topological polar surface area (TPSA) is 75.6 Å². The third-order valence-electron chi connectivity index (χ3n) is 2.75. The van der Waals surface area contributed by atoms with Crippen LogP contribution >= 0.6 is 0 Å². The fourth-order valence-corrected chi connectivity index (χ4v) is 1.55. The van der Waals surface area contributed by atoms with Crippen molar-refractivity contribution in [3.63, 3.8) is 0 Å². The van der Waals surface area contributed by atoms with Crippen molar-refractivity contribution in [3.8, 4) is 5.75 Å². The summed E-state index contributed by atoms with van der Waals surface area (Å²) < 4.78 is 5.26. The SMILES string of the molecule is CC(C)C(CNC(=O)COc1ccccc1)C(=O)O. The van der Waals surface area contributed by atoms with Crippen LogP contribution in [0.2, 0.25) is 0 Å². The van der Waals surface area contributed by atoms with E-state index < -0.39 is 11.9 Å². The molecule has 1 unspecified atom stereocenters. The van der Waals surface area contributed by atoms with Gasteiger partial charge in [0.2, 0.25) is 0 Å². The van der Waals surface area contributed by atoms with E-state index in [9.17, 15) is 9.59 Å². The first-order chi connectivity index (χ1) is 9.00. The van der Waals surface area contributed by atoms with E-state index in [2.05, 4.69) is 5.32 Å². The Kier molecular flexibility index (Phi) is 5.85. The van der Waals surface area contributed by atoms with Crippen LogP contribution in [0, 0.1) is 11.8 Å². The van der Waals surface area contributed by atoms with Gasteiger partial charge in [-0.1, -0.05) is 32.0 Å². The average molecular weight is 265 g/mol. The molecule has 0 aromatic heterocycles. The van der Waals surface area contributed by atoms with Crippen molar-refractivity contribution < 1.29 is 19.4 Å². The Morgan fingerprint density at radius 2 is 1.89 bits per heavy atom. The zero-order valence-electron chi connectivity index (χ0n) is 11.1. The highest BCUT2D eigenvalue weighted by Gasteiger charge is 2.21. The van der Waals surface area contributed by atoms with Crippen molar-refractivity contribution in [2.45, 2.75) is 13.8 Å². The number of ether oxygens (including phenoxy) is 1. The van der Waals surface area contributed by atoms with Crippen LogP contribution in [0.25, 0.3) is 0 Å². The van der Waals surface area contributed by atoms with Crippen molar-refractivity contribution in [2.24, 2.45) is 11.8 Å². The highest BCUT2D eigenvalue weighted by molar-refractivity contribution is 5.78. The van der Waals surface area contributed by atoms with Crippen LogP contribution in [0.3, 0.4) is 0 Å². The molecule has 5 nitrogen and oxygen atoms in total. The largest absolute Gasteiger partial charge is 0.484 e. The molecule has 5 heteroatoms. The molecule has 104 valence electrons. The minimum atomic E-state index is -0.903. The van der Waals surface area contributed by atoms with Crippen LogP contribution in [-0.4, -0.2) is 30.1 Å². The molecule has 0 heterocycles. The summed E-state index contributed by atoms with van der Waals surface area (Å²) in [6.07, 6.45) is 0. The zero-order chi connectivity index (χ0) is 14.3. The maximum Gasteiger partial charge on any atom is 0.308 e. The van der Waals surface area contributed by atoms with E-state index in [0.29, 0.717) is 5.75 Å². The molecule has 1 amide bonds. The van der Waals surface area contributed by atoms with Gasteiger partial charge in [-0.25, -0.2) is 0 Å². The number of carboxylic acids is 1. The Hall–Kier alpha value is -2.04. The lowest BCUT2D eigenvalue weighted by Crippen LogP contribution is -2.37. The number of hydrogen-bond donors (Lipinski definition) is 2. The van der Waals surface area contributed by atoms with Crippen molar-refractivity contribution >= 4 is 11.9 Å². The number of para-hydroxylation sites is 1. The van der Waals surface area contributed by atoms with E-state index in [4.69, 9.17) is 9.84 Å². The fraction of sp³-hybridized carbons (Fsp3) is 0.429. The summed E-state index contributed by atoms with van der Waals surface area (Å²) in [4.78, 5) is 22.5. The third-order valence-corrected chi connectivity index (χ3v) is 2.75. The Labute approximate surface area is 112 Å². The highest BCUT2D eigenvalue weighted by Crippen LogP contribution is 2.10. The summed E-state index contributed by atoms with van der Waals surface area (Å²) in [6, 6.07) is 8.98. The van der Waals surface area contributed by atoms with E-state index >= 15 is 0 Å². The first-order valence-electron chi connectivity index (χ1n) is 6.18. The summed E-state index contributed by atoms with van der Waals surface area (Å²) in [5.74, 6) is -1.24. The third kappa shape index (κ3) is 5.42. The number of nitrogens with one attached hydrogen (secondary N) is 1. The Bertz CT molecular complexity index is 417. The van der Waals surface area contributed by atoms with Gasteiger partial charge in [-0.05, 0) is 18.1 Å². The lowest BCUT2D eigenvalue weighted by Gasteiger charge is -2.16. The molecule has 0 aliphatic heterocycles. The van der Waals surface area contributed by atoms with Crippen LogP contribution in [0.5, 0.6) is 5.75 Å². The molecule has 1 aromatic rings. The minimum Gasteiger partial charge on any atom is -0.484 e. The molecular weight excluding hydrogens is 246 g/mol. The minimum absolute atomic E-state index is 0.0344. The van der Waals surface area contributed by atoms with Crippen LogP contribution in [-0.2, 0) is 9.59 Å². The number of aliphatic carboxylic acids is 1. The van der Waals surface area contributed by atoms with Gasteiger partial charge in [0.15, 0.2) is 6.61 Å². The number of carbonyl (C=O) groups excluding carboxylic acids is 1. The molecule has 0 spiro atoms. The predicted octanol–water partition coefficient (Wildman–Crippen LogP) is 1.54. The van der Waals surface area contributed by atoms with E-state index in [1.165, 1.54) is 0 Å². The summed E-state index contributed by atoms with van der Waals surface area (Å²) >= 11 is 0. The van der Waals surface area contributed by atoms with Gasteiger partial charge >= 0.3 is 5.97 Å². The van der Waals surface area contributed by atoms with Crippen molar-refractivity contribution in [3.05, 3.63) is 30.3 Å². The molecule has 2 N–H and O–H groups in total. The summed E-state index contributed by atoms with van der Waals surface area (Å²) in [6.45, 7) is 3.62. The normalized spacial score (nSPS) is 11.9. The number of hydrogen-bond acceptors (Lipinski definition) is 3. The second kappa shape index (κ2) is 7.41. The quantitative estimate of drug-likeness (QED) is 0.784. The Morgan fingerprint density at radius 3 is 2.42 bits per heavy atom. The van der Waals surface area contributed by atoms with Crippen LogP contribution in [0.15, 0.2) is 30.3 Å². The molecule has 1 rings (SSSR count). The lowest BCUT2D eigenvalue weighted by molar-refractivity contribution is -0.143. The van der Waals surface area contributed by atoms with Crippen LogP contribution in [0.1, 0.15) is 13.8 Å². The number of rotatable bonds is 7. The summed E-state index contributed by atoms with van der Waals surface area (Å²) in [5, 5.41) is 11.6. The molecule has 0 aliphatic carbocycles. The maximum absolute atomic E-state index is 11.5. The number of benzene rings is 1. The van der Waals surface area contributed by atoms with Gasteiger partial charge in [-0.3, -0.25) is 9.59 Å². The molecule has 0 bridgehead atoms. The highest BCUT2D eigenvalue weighted by atomic mass is 16.5. The average Bonchev–Trinajstić information content (AvgIpc) is 2.37. The molecule has 0 radical (unpaired) electrons. The predicted molar refractivity (Wildman–Crippen MR) is 70.9 cm³/mol. The van der Waals surface area contributed by atoms with Gasteiger partial charge in [0.1, 0.15) is 5.75 Å². The molecule has 1 atom stereocenters. The molecule has 0 fully saturated rings. The zero-order valence-corrected chi connectivity index (χ0v) is 11.1. The number of amides is 1. The van der Waals surface area contributed by atoms with E-state index in [1.54, 1.807) is 12.1 Å². The van der Waals surface area contributed by atoms with Gasteiger partial charge in [0, 0.05) is 6.54 Å². The number of carboxylic acid groups (broad SMARTS) is 1. The van der Waals surface area contributed by atoms with Crippen molar-refractivity contribution in [1.82, 2.24) is 5.32 Å². The van der Waals surface area contributed by atoms with Gasteiger partial charge in [-0.2, -0.15) is 0 Å². The second-order valence-corrected chi connectivity index (χ2v) is 4.59. The monoisotopic (exact) mass is 265 g/mol. The van der Waals surface area contributed by atoms with Gasteiger partial charge in [0.05, 0.1) is 5.92 Å². The molecule has 0 saturated carbocycles. The van der Waals surface area contributed by atoms with Crippen molar-refractivity contribution in [1.29, 1.82) is 0 Å². The molecule has 1 aromatic carbocycles. The van der Waals surface area contributed by atoms with Gasteiger partial charge in [0.25, 0.3) is 5.91 Å². The second-order valence-electron chi connectivity index (χ2n) is 4.59.